The highest BCUT2D eigenvalue weighted by molar-refractivity contribution is 6.10. The molecule has 0 bridgehead atoms. The number of rotatable bonds is 5. The van der Waals surface area contributed by atoms with Gasteiger partial charge in [-0.15, -0.1) is 0 Å². The zero-order chi connectivity index (χ0) is 23.0. The van der Waals surface area contributed by atoms with Crippen molar-refractivity contribution < 1.29 is 33.3 Å². The van der Waals surface area contributed by atoms with E-state index < -0.39 is 11.6 Å². The maximum absolute atomic E-state index is 14.1. The number of methoxy groups -OCH3 is 4. The number of ether oxygens (including phenoxy) is 5. The minimum atomic E-state index is -1.25. The van der Waals surface area contributed by atoms with Gasteiger partial charge < -0.3 is 23.7 Å². The molecule has 170 valence electrons. The Morgan fingerprint density at radius 2 is 1.47 bits per heavy atom. The van der Waals surface area contributed by atoms with Gasteiger partial charge in [-0.25, -0.2) is 4.79 Å². The Kier molecular flexibility index (Phi) is 5.62. The zero-order valence-corrected chi connectivity index (χ0v) is 18.9. The van der Waals surface area contributed by atoms with E-state index in [0.717, 1.165) is 11.1 Å². The molecule has 0 fully saturated rings. The number of carbonyl (C=O) groups excluding carboxylic acids is 2. The van der Waals surface area contributed by atoms with Crippen molar-refractivity contribution in [3.63, 3.8) is 0 Å². The van der Waals surface area contributed by atoms with E-state index >= 15 is 0 Å². The van der Waals surface area contributed by atoms with Crippen LogP contribution in [0, 0.1) is 0 Å². The molecule has 4 rings (SSSR count). The monoisotopic (exact) mass is 441 g/mol. The van der Waals surface area contributed by atoms with Crippen molar-refractivity contribution in [3.8, 4) is 23.0 Å². The van der Waals surface area contributed by atoms with Crippen LogP contribution in [-0.2, 0) is 23.1 Å². The molecule has 1 heterocycles. The molecule has 0 saturated carbocycles. The SMILES string of the molecule is CCOC(=O)N1CCc2cc(OC)c(OC)cc2C12Cc1cc(OC)c(OC)cc1C2=O. The molecule has 1 aliphatic heterocycles. The van der Waals surface area contributed by atoms with Crippen LogP contribution in [0.15, 0.2) is 24.3 Å². The van der Waals surface area contributed by atoms with Gasteiger partial charge in [0.25, 0.3) is 0 Å². The van der Waals surface area contributed by atoms with E-state index in [0.29, 0.717) is 53.5 Å². The molecule has 2 aromatic carbocycles. The summed E-state index contributed by atoms with van der Waals surface area (Å²) in [5.74, 6) is 1.88. The largest absolute Gasteiger partial charge is 0.493 e. The first-order chi connectivity index (χ1) is 15.4. The lowest BCUT2D eigenvalue weighted by Crippen LogP contribution is -2.57. The van der Waals surface area contributed by atoms with Crippen molar-refractivity contribution in [1.29, 1.82) is 0 Å². The lowest BCUT2D eigenvalue weighted by atomic mass is 9.77. The summed E-state index contributed by atoms with van der Waals surface area (Å²) < 4.78 is 27.2. The fourth-order valence-electron chi connectivity index (χ4n) is 4.82. The third-order valence-electron chi connectivity index (χ3n) is 6.28. The minimum Gasteiger partial charge on any atom is -0.493 e. The topological polar surface area (TPSA) is 83.5 Å². The summed E-state index contributed by atoms with van der Waals surface area (Å²) in [6.07, 6.45) is 0.336. The number of ketones is 1. The molecule has 1 amide bonds. The number of amides is 1. The smallest absolute Gasteiger partial charge is 0.410 e. The van der Waals surface area contributed by atoms with Gasteiger partial charge in [0, 0.05) is 18.5 Å². The average molecular weight is 441 g/mol. The molecule has 8 heteroatoms. The van der Waals surface area contributed by atoms with Gasteiger partial charge in [0.1, 0.15) is 5.54 Å². The molecule has 2 aromatic rings. The molecular weight excluding hydrogens is 414 g/mol. The maximum atomic E-state index is 14.1. The average Bonchev–Trinajstić information content (AvgIpc) is 3.09. The highest BCUT2D eigenvalue weighted by Crippen LogP contribution is 2.50. The van der Waals surface area contributed by atoms with Gasteiger partial charge in [-0.2, -0.15) is 0 Å². The number of hydrogen-bond donors (Lipinski definition) is 0. The van der Waals surface area contributed by atoms with Crippen LogP contribution in [0.5, 0.6) is 23.0 Å². The molecule has 1 unspecified atom stereocenters. The Labute approximate surface area is 187 Å². The van der Waals surface area contributed by atoms with Crippen LogP contribution in [0.3, 0.4) is 0 Å². The van der Waals surface area contributed by atoms with Crippen LogP contribution in [0.1, 0.15) is 34.0 Å². The summed E-state index contributed by atoms with van der Waals surface area (Å²) >= 11 is 0. The predicted molar refractivity (Wildman–Crippen MR) is 116 cm³/mol. The van der Waals surface area contributed by atoms with E-state index in [4.69, 9.17) is 23.7 Å². The van der Waals surface area contributed by atoms with Gasteiger partial charge in [0.05, 0.1) is 35.0 Å². The van der Waals surface area contributed by atoms with Crippen LogP contribution < -0.4 is 18.9 Å². The van der Waals surface area contributed by atoms with E-state index in [2.05, 4.69) is 0 Å². The van der Waals surface area contributed by atoms with Crippen LogP contribution in [-0.4, -0.2) is 58.4 Å². The van der Waals surface area contributed by atoms with Crippen molar-refractivity contribution in [2.45, 2.75) is 25.3 Å². The Morgan fingerprint density at radius 1 is 0.906 bits per heavy atom. The van der Waals surface area contributed by atoms with Crippen molar-refractivity contribution in [1.82, 2.24) is 4.90 Å². The fourth-order valence-corrected chi connectivity index (χ4v) is 4.82. The first-order valence-electron chi connectivity index (χ1n) is 10.4. The summed E-state index contributed by atoms with van der Waals surface area (Å²) in [5, 5.41) is 0. The Bertz CT molecular complexity index is 1080. The van der Waals surface area contributed by atoms with Gasteiger partial charge in [-0.1, -0.05) is 0 Å². The maximum Gasteiger partial charge on any atom is 0.410 e. The van der Waals surface area contributed by atoms with E-state index in [9.17, 15) is 9.59 Å². The Morgan fingerprint density at radius 3 is 2.06 bits per heavy atom. The number of carbonyl (C=O) groups is 2. The number of fused-ring (bicyclic) bond motifs is 3. The zero-order valence-electron chi connectivity index (χ0n) is 18.9. The highest BCUT2D eigenvalue weighted by atomic mass is 16.6. The van der Waals surface area contributed by atoms with Gasteiger partial charge in [0.15, 0.2) is 28.8 Å². The molecule has 2 aliphatic rings. The molecule has 1 atom stereocenters. The fraction of sp³-hybridized carbons (Fsp3) is 0.417. The van der Waals surface area contributed by atoms with Gasteiger partial charge in [-0.05, 0) is 54.3 Å². The normalized spacial score (nSPS) is 18.8. The summed E-state index contributed by atoms with van der Waals surface area (Å²) in [6.45, 7) is 2.31. The second-order valence-corrected chi connectivity index (χ2v) is 7.70. The van der Waals surface area contributed by atoms with Crippen LogP contribution in [0.25, 0.3) is 0 Å². The first kappa shape index (κ1) is 21.8. The minimum absolute atomic E-state index is 0.185. The molecule has 0 radical (unpaired) electrons. The van der Waals surface area contributed by atoms with Crippen molar-refractivity contribution in [2.24, 2.45) is 0 Å². The van der Waals surface area contributed by atoms with Crippen molar-refractivity contribution in [3.05, 3.63) is 46.5 Å². The van der Waals surface area contributed by atoms with E-state index in [1.54, 1.807) is 51.4 Å². The van der Waals surface area contributed by atoms with Crippen molar-refractivity contribution >= 4 is 11.9 Å². The summed E-state index contributed by atoms with van der Waals surface area (Å²) in [5.41, 5.74) is 1.68. The van der Waals surface area contributed by atoms with Crippen LogP contribution >= 0.6 is 0 Å². The van der Waals surface area contributed by atoms with Gasteiger partial charge in [0.2, 0.25) is 0 Å². The lowest BCUT2D eigenvalue weighted by Gasteiger charge is -2.44. The molecule has 0 saturated heterocycles. The highest BCUT2D eigenvalue weighted by Gasteiger charge is 2.56. The Balaban J connectivity index is 1.96. The van der Waals surface area contributed by atoms with Crippen LogP contribution in [0.2, 0.25) is 0 Å². The molecular formula is C24H27NO7. The molecule has 1 aliphatic carbocycles. The van der Waals surface area contributed by atoms with E-state index in [-0.39, 0.29) is 12.4 Å². The van der Waals surface area contributed by atoms with Crippen molar-refractivity contribution in [2.75, 3.05) is 41.6 Å². The third kappa shape index (κ3) is 3.04. The standard InChI is InChI=1S/C24H27NO7/c1-6-32-23(27)25-8-7-14-9-18(28-2)21(31-5)12-17(14)24(25)13-15-10-19(29-3)20(30-4)11-16(15)22(24)26/h9-12H,6-8,13H2,1-5H3. The second-order valence-electron chi connectivity index (χ2n) is 7.70. The second kappa shape index (κ2) is 8.26. The number of Topliss-reactive ketones (excluding diaryl/α,β-unsaturated/α-hetero) is 1. The van der Waals surface area contributed by atoms with Crippen LogP contribution in [0.4, 0.5) is 4.79 Å². The third-order valence-corrected chi connectivity index (χ3v) is 6.28. The predicted octanol–water partition coefficient (Wildman–Crippen LogP) is 3.37. The Hall–Kier alpha value is -3.42. The summed E-state index contributed by atoms with van der Waals surface area (Å²) in [4.78, 5) is 28.6. The number of hydrogen-bond acceptors (Lipinski definition) is 7. The summed E-state index contributed by atoms with van der Waals surface area (Å²) in [6, 6.07) is 7.18. The molecule has 8 nitrogen and oxygen atoms in total. The number of nitrogens with zero attached hydrogens (tertiary/aromatic N) is 1. The molecule has 0 N–H and O–H groups in total. The quantitative estimate of drug-likeness (QED) is 0.703. The number of benzene rings is 2. The molecule has 0 aromatic heterocycles. The first-order valence-corrected chi connectivity index (χ1v) is 10.4. The van der Waals surface area contributed by atoms with E-state index in [1.165, 1.54) is 7.11 Å². The van der Waals surface area contributed by atoms with Gasteiger partial charge >= 0.3 is 6.09 Å². The molecule has 1 spiro atoms. The molecule has 32 heavy (non-hydrogen) atoms. The van der Waals surface area contributed by atoms with Gasteiger partial charge in [-0.3, -0.25) is 9.69 Å². The lowest BCUT2D eigenvalue weighted by molar-refractivity contribution is 0.0392. The van der Waals surface area contributed by atoms with E-state index in [1.807, 2.05) is 6.07 Å². The summed E-state index contributed by atoms with van der Waals surface area (Å²) in [7, 11) is 6.19.